The molecule has 1 fully saturated rings. The van der Waals surface area contributed by atoms with Gasteiger partial charge in [0.15, 0.2) is 0 Å². The molecule has 0 radical (unpaired) electrons. The van der Waals surface area contributed by atoms with E-state index in [1.807, 2.05) is 0 Å². The predicted molar refractivity (Wildman–Crippen MR) is 46.0 cm³/mol. The van der Waals surface area contributed by atoms with Crippen molar-refractivity contribution in [3.8, 4) is 0 Å². The van der Waals surface area contributed by atoms with Gasteiger partial charge in [0.25, 0.3) is 0 Å². The first-order valence-electron chi connectivity index (χ1n) is 4.70. The van der Waals surface area contributed by atoms with Crippen molar-refractivity contribution >= 4 is 0 Å². The standard InChI is InChI=1S/C10H20/c1-8(2)10-6-4-5-9(3)7-10/h8-10H,4-7H2,1-3H3/t9?,10-/m0/s1. The Kier molecular flexibility index (Phi) is 2.76. The highest BCUT2D eigenvalue weighted by Gasteiger charge is 2.20. The van der Waals surface area contributed by atoms with E-state index in [0.29, 0.717) is 0 Å². The van der Waals surface area contributed by atoms with E-state index in [1.165, 1.54) is 25.7 Å². The molecule has 1 unspecified atom stereocenters. The Morgan fingerprint density at radius 1 is 1.20 bits per heavy atom. The average Bonchev–Trinajstić information content (AvgIpc) is 1.88. The van der Waals surface area contributed by atoms with Crippen LogP contribution in [-0.4, -0.2) is 0 Å². The molecule has 0 aromatic carbocycles. The highest BCUT2D eigenvalue weighted by molar-refractivity contribution is 4.72. The molecule has 0 aromatic rings. The smallest absolute Gasteiger partial charge is 0.0389 e. The first-order chi connectivity index (χ1) is 4.70. The lowest BCUT2D eigenvalue weighted by atomic mass is 9.77. The van der Waals surface area contributed by atoms with Gasteiger partial charge >= 0.3 is 0 Å². The van der Waals surface area contributed by atoms with Gasteiger partial charge < -0.3 is 0 Å². The molecule has 1 aliphatic carbocycles. The number of hydrogen-bond acceptors (Lipinski definition) is 0. The summed E-state index contributed by atoms with van der Waals surface area (Å²) in [5.41, 5.74) is 0. The van der Waals surface area contributed by atoms with Crippen LogP contribution in [0.3, 0.4) is 0 Å². The van der Waals surface area contributed by atoms with Crippen LogP contribution in [0.1, 0.15) is 46.5 Å². The summed E-state index contributed by atoms with van der Waals surface area (Å²) in [6.07, 6.45) is 5.92. The SMILES string of the molecule is CC1CCC[C@H](C(C)C)C1. The molecular formula is C10H20. The van der Waals surface area contributed by atoms with E-state index in [4.69, 9.17) is 0 Å². The van der Waals surface area contributed by atoms with Crippen LogP contribution in [0.4, 0.5) is 0 Å². The zero-order valence-corrected chi connectivity index (χ0v) is 7.56. The van der Waals surface area contributed by atoms with Crippen LogP contribution in [0.15, 0.2) is 0 Å². The molecule has 0 N–H and O–H groups in total. The lowest BCUT2D eigenvalue weighted by molar-refractivity contribution is 0.226. The molecular weight excluding hydrogens is 120 g/mol. The van der Waals surface area contributed by atoms with Gasteiger partial charge in [-0.3, -0.25) is 0 Å². The third-order valence-corrected chi connectivity index (χ3v) is 2.92. The van der Waals surface area contributed by atoms with Crippen molar-refractivity contribution in [1.29, 1.82) is 0 Å². The molecule has 1 rings (SSSR count). The van der Waals surface area contributed by atoms with Gasteiger partial charge in [-0.1, -0.05) is 40.0 Å². The Balaban J connectivity index is 2.32. The maximum absolute atomic E-state index is 2.40. The van der Waals surface area contributed by atoms with Gasteiger partial charge in [-0.15, -0.1) is 0 Å². The summed E-state index contributed by atoms with van der Waals surface area (Å²) in [5.74, 6) is 2.95. The average molecular weight is 140 g/mol. The molecule has 0 nitrogen and oxygen atoms in total. The molecule has 1 saturated carbocycles. The Bertz CT molecular complexity index is 94.2. The van der Waals surface area contributed by atoms with Gasteiger partial charge in [0.05, 0.1) is 0 Å². The van der Waals surface area contributed by atoms with Crippen LogP contribution in [0.25, 0.3) is 0 Å². The van der Waals surface area contributed by atoms with Gasteiger partial charge in [0, 0.05) is 0 Å². The molecule has 0 heteroatoms. The van der Waals surface area contributed by atoms with E-state index in [-0.39, 0.29) is 0 Å². The van der Waals surface area contributed by atoms with Crippen LogP contribution < -0.4 is 0 Å². The molecule has 0 saturated heterocycles. The minimum absolute atomic E-state index is 0.919. The maximum Gasteiger partial charge on any atom is -0.0389 e. The van der Waals surface area contributed by atoms with Crippen LogP contribution >= 0.6 is 0 Å². The van der Waals surface area contributed by atoms with Crippen molar-refractivity contribution in [3.63, 3.8) is 0 Å². The summed E-state index contributed by atoms with van der Waals surface area (Å²) in [6.45, 7) is 7.12. The van der Waals surface area contributed by atoms with E-state index in [1.54, 1.807) is 0 Å². The molecule has 0 heterocycles. The Morgan fingerprint density at radius 3 is 2.30 bits per heavy atom. The second-order valence-corrected chi connectivity index (χ2v) is 4.28. The fraction of sp³-hybridized carbons (Fsp3) is 1.00. The Labute approximate surface area is 65.0 Å². The molecule has 0 aliphatic heterocycles. The first kappa shape index (κ1) is 8.10. The minimum atomic E-state index is 0.919. The fourth-order valence-electron chi connectivity index (χ4n) is 2.09. The highest BCUT2D eigenvalue weighted by Crippen LogP contribution is 2.32. The van der Waals surface area contributed by atoms with Crippen molar-refractivity contribution in [2.45, 2.75) is 46.5 Å². The summed E-state index contributed by atoms with van der Waals surface area (Å²) in [7, 11) is 0. The van der Waals surface area contributed by atoms with Crippen molar-refractivity contribution in [2.75, 3.05) is 0 Å². The molecule has 60 valence electrons. The normalized spacial score (nSPS) is 34.8. The topological polar surface area (TPSA) is 0 Å². The quantitative estimate of drug-likeness (QED) is 0.523. The summed E-state index contributed by atoms with van der Waals surface area (Å²) < 4.78 is 0. The lowest BCUT2D eigenvalue weighted by Crippen LogP contribution is -2.17. The fourth-order valence-corrected chi connectivity index (χ4v) is 2.09. The monoisotopic (exact) mass is 140 g/mol. The molecule has 0 spiro atoms. The second kappa shape index (κ2) is 3.41. The maximum atomic E-state index is 2.40. The zero-order chi connectivity index (χ0) is 7.56. The summed E-state index contributed by atoms with van der Waals surface area (Å²) in [6, 6.07) is 0. The molecule has 1 aliphatic rings. The van der Waals surface area contributed by atoms with Crippen molar-refractivity contribution < 1.29 is 0 Å². The molecule has 0 bridgehead atoms. The lowest BCUT2D eigenvalue weighted by Gasteiger charge is -2.29. The van der Waals surface area contributed by atoms with Crippen LogP contribution in [0.5, 0.6) is 0 Å². The molecule has 2 atom stereocenters. The van der Waals surface area contributed by atoms with Crippen molar-refractivity contribution in [1.82, 2.24) is 0 Å². The summed E-state index contributed by atoms with van der Waals surface area (Å²) >= 11 is 0. The Hall–Kier alpha value is 0. The number of hydrogen-bond donors (Lipinski definition) is 0. The van der Waals surface area contributed by atoms with Gasteiger partial charge in [-0.05, 0) is 24.2 Å². The van der Waals surface area contributed by atoms with Gasteiger partial charge in [0.1, 0.15) is 0 Å². The van der Waals surface area contributed by atoms with Gasteiger partial charge in [0.2, 0.25) is 0 Å². The van der Waals surface area contributed by atoms with Crippen LogP contribution in [0, 0.1) is 17.8 Å². The highest BCUT2D eigenvalue weighted by atomic mass is 14.3. The van der Waals surface area contributed by atoms with E-state index in [0.717, 1.165) is 17.8 Å². The van der Waals surface area contributed by atoms with E-state index >= 15 is 0 Å². The first-order valence-corrected chi connectivity index (χ1v) is 4.70. The van der Waals surface area contributed by atoms with Crippen molar-refractivity contribution in [2.24, 2.45) is 17.8 Å². The third-order valence-electron chi connectivity index (χ3n) is 2.92. The number of rotatable bonds is 1. The molecule has 0 aromatic heterocycles. The Morgan fingerprint density at radius 2 is 1.90 bits per heavy atom. The van der Waals surface area contributed by atoms with E-state index < -0.39 is 0 Å². The van der Waals surface area contributed by atoms with Crippen molar-refractivity contribution in [3.05, 3.63) is 0 Å². The van der Waals surface area contributed by atoms with E-state index in [9.17, 15) is 0 Å². The largest absolute Gasteiger partial charge is 0.0625 e. The predicted octanol–water partition coefficient (Wildman–Crippen LogP) is 3.47. The third kappa shape index (κ3) is 2.00. The van der Waals surface area contributed by atoms with E-state index in [2.05, 4.69) is 20.8 Å². The van der Waals surface area contributed by atoms with Gasteiger partial charge in [-0.25, -0.2) is 0 Å². The summed E-state index contributed by atoms with van der Waals surface area (Å²) in [4.78, 5) is 0. The van der Waals surface area contributed by atoms with Gasteiger partial charge in [-0.2, -0.15) is 0 Å². The zero-order valence-electron chi connectivity index (χ0n) is 7.56. The second-order valence-electron chi connectivity index (χ2n) is 4.28. The summed E-state index contributed by atoms with van der Waals surface area (Å²) in [5, 5.41) is 0. The molecule has 0 amide bonds. The minimum Gasteiger partial charge on any atom is -0.0625 e. The van der Waals surface area contributed by atoms with Crippen LogP contribution in [-0.2, 0) is 0 Å². The van der Waals surface area contributed by atoms with Crippen LogP contribution in [0.2, 0.25) is 0 Å². The molecule has 10 heavy (non-hydrogen) atoms.